The maximum absolute atomic E-state index is 11.7. The van der Waals surface area contributed by atoms with Crippen LogP contribution in [0.1, 0.15) is 32.6 Å². The zero-order valence-corrected chi connectivity index (χ0v) is 12.0. The third-order valence-corrected chi connectivity index (χ3v) is 4.37. The molecule has 2 saturated heterocycles. The van der Waals surface area contributed by atoms with E-state index >= 15 is 0 Å². The van der Waals surface area contributed by atoms with Crippen molar-refractivity contribution in [2.75, 3.05) is 39.3 Å². The van der Waals surface area contributed by atoms with Crippen molar-refractivity contribution in [1.29, 1.82) is 0 Å². The van der Waals surface area contributed by atoms with E-state index in [-0.39, 0.29) is 12.5 Å². The fourth-order valence-corrected chi connectivity index (χ4v) is 3.36. The highest BCUT2D eigenvalue weighted by Gasteiger charge is 2.31. The quantitative estimate of drug-likeness (QED) is 0.715. The van der Waals surface area contributed by atoms with E-state index < -0.39 is 0 Å². The minimum atomic E-state index is 0.134. The van der Waals surface area contributed by atoms with Gasteiger partial charge in [-0.05, 0) is 45.7 Å². The van der Waals surface area contributed by atoms with E-state index in [0.29, 0.717) is 25.2 Å². The summed E-state index contributed by atoms with van der Waals surface area (Å²) in [4.78, 5) is 16.4. The second-order valence-corrected chi connectivity index (χ2v) is 5.69. The van der Waals surface area contributed by atoms with Crippen molar-refractivity contribution in [2.45, 2.75) is 44.7 Å². The second-order valence-electron chi connectivity index (χ2n) is 5.69. The van der Waals surface area contributed by atoms with E-state index in [1.54, 1.807) is 0 Å². The number of hydrogen-bond donors (Lipinski definition) is 2. The van der Waals surface area contributed by atoms with E-state index in [9.17, 15) is 9.90 Å². The molecular formula is C14H27N3O2. The molecule has 0 radical (unpaired) electrons. The summed E-state index contributed by atoms with van der Waals surface area (Å²) in [6.07, 6.45) is 4.66. The molecule has 5 nitrogen and oxygen atoms in total. The predicted molar refractivity (Wildman–Crippen MR) is 75.0 cm³/mol. The third kappa shape index (κ3) is 3.91. The zero-order valence-electron chi connectivity index (χ0n) is 12.0. The van der Waals surface area contributed by atoms with Crippen molar-refractivity contribution < 1.29 is 9.90 Å². The van der Waals surface area contributed by atoms with Crippen molar-refractivity contribution in [3.63, 3.8) is 0 Å². The third-order valence-electron chi connectivity index (χ3n) is 4.37. The predicted octanol–water partition coefficient (Wildman–Crippen LogP) is 0.0436. The summed E-state index contributed by atoms with van der Waals surface area (Å²) >= 11 is 0. The van der Waals surface area contributed by atoms with Crippen molar-refractivity contribution in [3.05, 3.63) is 0 Å². The van der Waals surface area contributed by atoms with Gasteiger partial charge in [0.1, 0.15) is 0 Å². The normalized spacial score (nSPS) is 28.9. The highest BCUT2D eigenvalue weighted by atomic mass is 16.3. The summed E-state index contributed by atoms with van der Waals surface area (Å²) in [5.74, 6) is 0.134. The Hall–Kier alpha value is -0.650. The minimum absolute atomic E-state index is 0.134. The largest absolute Gasteiger partial charge is 0.395 e. The van der Waals surface area contributed by atoms with Crippen molar-refractivity contribution in [3.8, 4) is 0 Å². The highest BCUT2D eigenvalue weighted by molar-refractivity contribution is 5.78. The number of nitrogens with one attached hydrogen (secondary N) is 1. The monoisotopic (exact) mass is 269 g/mol. The number of rotatable bonds is 6. The van der Waals surface area contributed by atoms with Gasteiger partial charge in [-0.25, -0.2) is 0 Å². The van der Waals surface area contributed by atoms with Crippen LogP contribution in [0, 0.1) is 0 Å². The van der Waals surface area contributed by atoms with E-state index in [2.05, 4.69) is 15.1 Å². The summed E-state index contributed by atoms with van der Waals surface area (Å²) < 4.78 is 0. The Morgan fingerprint density at radius 3 is 2.58 bits per heavy atom. The zero-order chi connectivity index (χ0) is 13.7. The van der Waals surface area contributed by atoms with Crippen LogP contribution in [0.2, 0.25) is 0 Å². The molecule has 2 aliphatic heterocycles. The molecule has 2 atom stereocenters. The Morgan fingerprint density at radius 2 is 1.89 bits per heavy atom. The molecule has 0 aromatic heterocycles. The number of likely N-dealkylation sites (N-methyl/N-ethyl adjacent to an activating group) is 1. The summed E-state index contributed by atoms with van der Waals surface area (Å²) in [5, 5.41) is 12.2. The van der Waals surface area contributed by atoms with Crippen molar-refractivity contribution in [1.82, 2.24) is 15.1 Å². The lowest BCUT2D eigenvalue weighted by Gasteiger charge is -2.30. The van der Waals surface area contributed by atoms with E-state index in [1.165, 1.54) is 19.3 Å². The first kappa shape index (κ1) is 14.8. The lowest BCUT2D eigenvalue weighted by molar-refractivity contribution is -0.122. The lowest BCUT2D eigenvalue weighted by Crippen LogP contribution is -2.46. The first-order valence-electron chi connectivity index (χ1n) is 7.60. The molecule has 0 aromatic rings. The second kappa shape index (κ2) is 7.22. The molecule has 2 fully saturated rings. The van der Waals surface area contributed by atoms with Gasteiger partial charge in [-0.1, -0.05) is 0 Å². The Morgan fingerprint density at radius 1 is 1.21 bits per heavy atom. The van der Waals surface area contributed by atoms with Crippen molar-refractivity contribution >= 4 is 5.91 Å². The van der Waals surface area contributed by atoms with Gasteiger partial charge >= 0.3 is 0 Å². The van der Waals surface area contributed by atoms with Crippen LogP contribution in [-0.4, -0.2) is 72.2 Å². The first-order chi connectivity index (χ1) is 9.24. The number of amides is 1. The molecule has 2 rings (SSSR count). The van der Waals surface area contributed by atoms with Gasteiger partial charge in [-0.3, -0.25) is 14.6 Å². The molecule has 0 aliphatic carbocycles. The molecule has 0 spiro atoms. The Kier molecular flexibility index (Phi) is 5.60. The summed E-state index contributed by atoms with van der Waals surface area (Å²) in [6, 6.07) is 0.821. The average Bonchev–Trinajstić information content (AvgIpc) is 3.00. The number of aliphatic hydroxyl groups is 1. The van der Waals surface area contributed by atoms with Crippen LogP contribution >= 0.6 is 0 Å². The SMILES string of the molecule is CCNC(=O)CN1CCCC1CN1CCCC1CO. The Balaban J connectivity index is 1.83. The standard InChI is InChI=1S/C14H27N3O2/c1-2-15-14(19)10-17-8-3-5-12(17)9-16-7-4-6-13(16)11-18/h12-13,18H,2-11H2,1H3,(H,15,19). The molecular weight excluding hydrogens is 242 g/mol. The number of hydrogen-bond acceptors (Lipinski definition) is 4. The maximum Gasteiger partial charge on any atom is 0.234 e. The molecule has 5 heteroatoms. The first-order valence-corrected chi connectivity index (χ1v) is 7.60. The number of carbonyl (C=O) groups excluding carboxylic acids is 1. The van der Waals surface area contributed by atoms with Gasteiger partial charge in [-0.15, -0.1) is 0 Å². The molecule has 0 bridgehead atoms. The molecule has 19 heavy (non-hydrogen) atoms. The topological polar surface area (TPSA) is 55.8 Å². The van der Waals surface area contributed by atoms with Crippen LogP contribution in [0.15, 0.2) is 0 Å². The van der Waals surface area contributed by atoms with Gasteiger partial charge < -0.3 is 10.4 Å². The fourth-order valence-electron chi connectivity index (χ4n) is 3.36. The highest BCUT2D eigenvalue weighted by Crippen LogP contribution is 2.22. The smallest absolute Gasteiger partial charge is 0.234 e. The van der Waals surface area contributed by atoms with Gasteiger partial charge in [-0.2, -0.15) is 0 Å². The van der Waals surface area contributed by atoms with Gasteiger partial charge in [0.25, 0.3) is 0 Å². The van der Waals surface area contributed by atoms with Crippen LogP contribution in [0.3, 0.4) is 0 Å². The van der Waals surface area contributed by atoms with Gasteiger partial charge in [0.15, 0.2) is 0 Å². The number of nitrogens with zero attached hydrogens (tertiary/aromatic N) is 2. The molecule has 1 amide bonds. The Labute approximate surface area is 115 Å². The molecule has 2 heterocycles. The molecule has 0 aromatic carbocycles. The summed E-state index contributed by atoms with van der Waals surface area (Å²) in [6.45, 7) is 6.57. The number of aliphatic hydroxyl groups excluding tert-OH is 1. The van der Waals surface area contributed by atoms with Gasteiger partial charge in [0.05, 0.1) is 13.2 Å². The lowest BCUT2D eigenvalue weighted by atomic mass is 10.2. The van der Waals surface area contributed by atoms with Crippen LogP contribution in [-0.2, 0) is 4.79 Å². The number of likely N-dealkylation sites (tertiary alicyclic amines) is 2. The summed E-state index contributed by atoms with van der Waals surface area (Å²) in [7, 11) is 0. The number of carbonyl (C=O) groups is 1. The molecule has 0 saturated carbocycles. The minimum Gasteiger partial charge on any atom is -0.395 e. The molecule has 2 unspecified atom stereocenters. The van der Waals surface area contributed by atoms with Crippen LogP contribution in [0.25, 0.3) is 0 Å². The van der Waals surface area contributed by atoms with Crippen molar-refractivity contribution in [2.24, 2.45) is 0 Å². The van der Waals surface area contributed by atoms with E-state index in [1.807, 2.05) is 6.92 Å². The maximum atomic E-state index is 11.7. The average molecular weight is 269 g/mol. The van der Waals surface area contributed by atoms with E-state index in [0.717, 1.165) is 26.1 Å². The van der Waals surface area contributed by atoms with Crippen LogP contribution in [0.4, 0.5) is 0 Å². The molecule has 110 valence electrons. The fraction of sp³-hybridized carbons (Fsp3) is 0.929. The summed E-state index contributed by atoms with van der Waals surface area (Å²) in [5.41, 5.74) is 0. The molecule has 2 aliphatic rings. The van der Waals surface area contributed by atoms with Gasteiger partial charge in [0.2, 0.25) is 5.91 Å². The van der Waals surface area contributed by atoms with E-state index in [4.69, 9.17) is 0 Å². The van der Waals surface area contributed by atoms with Crippen LogP contribution in [0.5, 0.6) is 0 Å². The molecule has 2 N–H and O–H groups in total. The Bertz CT molecular complexity index is 298. The van der Waals surface area contributed by atoms with Crippen LogP contribution < -0.4 is 5.32 Å². The van der Waals surface area contributed by atoms with Gasteiger partial charge in [0, 0.05) is 25.2 Å².